The molecule has 0 aromatic carbocycles. The lowest BCUT2D eigenvalue weighted by Gasteiger charge is -2.30. The van der Waals surface area contributed by atoms with Crippen LogP contribution in [0, 0.1) is 5.92 Å². The zero-order valence-electron chi connectivity index (χ0n) is 10.9. The van der Waals surface area contributed by atoms with Gasteiger partial charge in [0, 0.05) is 13.1 Å². The van der Waals surface area contributed by atoms with Crippen LogP contribution in [0.1, 0.15) is 39.5 Å². The summed E-state index contributed by atoms with van der Waals surface area (Å²) in [5.41, 5.74) is 0. The SMILES string of the molecule is CCC[C@@H](NS(=O)(=O)N1CCC(C)CC1)C(=O)O. The van der Waals surface area contributed by atoms with Crippen LogP contribution in [0.15, 0.2) is 0 Å². The van der Waals surface area contributed by atoms with Crippen LogP contribution >= 0.6 is 0 Å². The number of hydrogen-bond donors (Lipinski definition) is 2. The van der Waals surface area contributed by atoms with Crippen LogP contribution in [0.4, 0.5) is 0 Å². The molecule has 0 saturated carbocycles. The first-order chi connectivity index (χ1) is 8.36. The van der Waals surface area contributed by atoms with Crippen molar-refractivity contribution >= 4 is 16.2 Å². The normalized spacial score (nSPS) is 20.8. The van der Waals surface area contributed by atoms with Gasteiger partial charge in [0.25, 0.3) is 10.2 Å². The van der Waals surface area contributed by atoms with Crippen LogP contribution in [0.3, 0.4) is 0 Å². The minimum atomic E-state index is -3.67. The summed E-state index contributed by atoms with van der Waals surface area (Å²) in [7, 11) is -3.67. The third-order valence-corrected chi connectivity index (χ3v) is 4.88. The maximum Gasteiger partial charge on any atom is 0.321 e. The average molecular weight is 278 g/mol. The maximum atomic E-state index is 12.0. The molecule has 1 rings (SSSR count). The highest BCUT2D eigenvalue weighted by atomic mass is 32.2. The zero-order chi connectivity index (χ0) is 13.8. The van der Waals surface area contributed by atoms with Gasteiger partial charge < -0.3 is 5.11 Å². The highest BCUT2D eigenvalue weighted by molar-refractivity contribution is 7.87. The van der Waals surface area contributed by atoms with E-state index in [2.05, 4.69) is 11.6 Å². The first-order valence-electron chi connectivity index (χ1n) is 6.37. The molecule has 1 fully saturated rings. The topological polar surface area (TPSA) is 86.7 Å². The Morgan fingerprint density at radius 2 is 2.00 bits per heavy atom. The number of carboxylic acid groups (broad SMARTS) is 1. The number of carbonyl (C=O) groups is 1. The van der Waals surface area contributed by atoms with Crippen molar-refractivity contribution in [2.45, 2.75) is 45.6 Å². The second kappa shape index (κ2) is 6.49. The molecule has 1 saturated heterocycles. The smallest absolute Gasteiger partial charge is 0.321 e. The van der Waals surface area contributed by atoms with E-state index in [9.17, 15) is 13.2 Å². The van der Waals surface area contributed by atoms with E-state index in [0.717, 1.165) is 12.8 Å². The van der Waals surface area contributed by atoms with Crippen LogP contribution in [0.25, 0.3) is 0 Å². The van der Waals surface area contributed by atoms with Gasteiger partial charge in [-0.05, 0) is 25.2 Å². The van der Waals surface area contributed by atoms with Crippen LogP contribution in [0.5, 0.6) is 0 Å². The summed E-state index contributed by atoms with van der Waals surface area (Å²) < 4.78 is 27.7. The van der Waals surface area contributed by atoms with Crippen LogP contribution in [0.2, 0.25) is 0 Å². The molecule has 0 amide bonds. The predicted molar refractivity (Wildman–Crippen MR) is 68.4 cm³/mol. The second-order valence-corrected chi connectivity index (χ2v) is 6.59. The third kappa shape index (κ3) is 4.22. The van der Waals surface area contributed by atoms with E-state index in [1.165, 1.54) is 4.31 Å². The molecule has 0 aromatic rings. The van der Waals surface area contributed by atoms with E-state index < -0.39 is 22.2 Å². The van der Waals surface area contributed by atoms with Gasteiger partial charge in [-0.15, -0.1) is 0 Å². The fourth-order valence-electron chi connectivity index (χ4n) is 2.00. The van der Waals surface area contributed by atoms with Gasteiger partial charge in [-0.3, -0.25) is 4.79 Å². The summed E-state index contributed by atoms with van der Waals surface area (Å²) in [6, 6.07) is -1.03. The molecular weight excluding hydrogens is 256 g/mol. The lowest BCUT2D eigenvalue weighted by molar-refractivity contribution is -0.139. The average Bonchev–Trinajstić information content (AvgIpc) is 2.28. The van der Waals surface area contributed by atoms with Gasteiger partial charge in [0.2, 0.25) is 0 Å². The Balaban J connectivity index is 2.65. The van der Waals surface area contributed by atoms with Gasteiger partial charge in [-0.25, -0.2) is 0 Å². The number of aliphatic carboxylic acids is 1. The summed E-state index contributed by atoms with van der Waals surface area (Å²) in [4.78, 5) is 11.0. The molecule has 0 aliphatic carbocycles. The fourth-order valence-corrected chi connectivity index (χ4v) is 3.42. The van der Waals surface area contributed by atoms with E-state index in [1.807, 2.05) is 6.92 Å². The Hall–Kier alpha value is -0.660. The summed E-state index contributed by atoms with van der Waals surface area (Å²) in [5.74, 6) is -0.590. The molecule has 1 atom stereocenters. The molecule has 0 aromatic heterocycles. The highest BCUT2D eigenvalue weighted by Gasteiger charge is 2.30. The third-order valence-electron chi connectivity index (χ3n) is 3.25. The lowest BCUT2D eigenvalue weighted by atomic mass is 10.0. The van der Waals surface area contributed by atoms with E-state index in [4.69, 9.17) is 5.11 Å². The summed E-state index contributed by atoms with van der Waals surface area (Å²) in [5, 5.41) is 8.96. The van der Waals surface area contributed by atoms with E-state index in [0.29, 0.717) is 31.8 Å². The van der Waals surface area contributed by atoms with Crippen LogP contribution in [-0.4, -0.2) is 42.9 Å². The molecule has 0 unspecified atom stereocenters. The van der Waals surface area contributed by atoms with Gasteiger partial charge in [-0.2, -0.15) is 17.4 Å². The number of hydrogen-bond acceptors (Lipinski definition) is 3. The van der Waals surface area contributed by atoms with Crippen molar-refractivity contribution in [3.8, 4) is 0 Å². The standard InChI is InChI=1S/C11H22N2O4S/c1-3-4-10(11(14)15)12-18(16,17)13-7-5-9(2)6-8-13/h9-10,12H,3-8H2,1-2H3,(H,14,15)/t10-/m1/s1. The second-order valence-electron chi connectivity index (χ2n) is 4.88. The van der Waals surface area contributed by atoms with Crippen molar-refractivity contribution in [2.75, 3.05) is 13.1 Å². The van der Waals surface area contributed by atoms with Gasteiger partial charge in [-0.1, -0.05) is 20.3 Å². The summed E-state index contributed by atoms with van der Waals surface area (Å²) in [6.45, 7) is 4.85. The van der Waals surface area contributed by atoms with Crippen molar-refractivity contribution in [1.82, 2.24) is 9.03 Å². The Morgan fingerprint density at radius 3 is 2.44 bits per heavy atom. The molecule has 0 spiro atoms. The van der Waals surface area contributed by atoms with Gasteiger partial charge in [0.1, 0.15) is 6.04 Å². The summed E-state index contributed by atoms with van der Waals surface area (Å²) in [6.07, 6.45) is 2.58. The van der Waals surface area contributed by atoms with Crippen molar-refractivity contribution in [3.05, 3.63) is 0 Å². The van der Waals surface area contributed by atoms with E-state index in [-0.39, 0.29) is 0 Å². The predicted octanol–water partition coefficient (Wildman–Crippen LogP) is 0.806. The molecule has 2 N–H and O–H groups in total. The molecule has 6 nitrogen and oxygen atoms in total. The van der Waals surface area contributed by atoms with E-state index >= 15 is 0 Å². The molecule has 106 valence electrons. The minimum absolute atomic E-state index is 0.304. The van der Waals surface area contributed by atoms with Crippen molar-refractivity contribution in [1.29, 1.82) is 0 Å². The lowest BCUT2D eigenvalue weighted by Crippen LogP contribution is -2.50. The van der Waals surface area contributed by atoms with Crippen molar-refractivity contribution < 1.29 is 18.3 Å². The first kappa shape index (κ1) is 15.4. The molecule has 0 bridgehead atoms. The monoisotopic (exact) mass is 278 g/mol. The Kier molecular flexibility index (Phi) is 5.55. The number of rotatable bonds is 6. The molecule has 1 heterocycles. The van der Waals surface area contributed by atoms with Crippen LogP contribution in [-0.2, 0) is 15.0 Å². The van der Waals surface area contributed by atoms with Crippen LogP contribution < -0.4 is 4.72 Å². The molecular formula is C11H22N2O4S. The summed E-state index contributed by atoms with van der Waals surface area (Å²) >= 11 is 0. The fraction of sp³-hybridized carbons (Fsp3) is 0.909. The van der Waals surface area contributed by atoms with E-state index in [1.54, 1.807) is 0 Å². The van der Waals surface area contributed by atoms with Crippen molar-refractivity contribution in [2.24, 2.45) is 5.92 Å². The van der Waals surface area contributed by atoms with Gasteiger partial charge in [0.15, 0.2) is 0 Å². The number of nitrogens with zero attached hydrogens (tertiary/aromatic N) is 1. The number of nitrogens with one attached hydrogen (secondary N) is 1. The first-order valence-corrected chi connectivity index (χ1v) is 7.81. The quantitative estimate of drug-likeness (QED) is 0.752. The van der Waals surface area contributed by atoms with Crippen molar-refractivity contribution in [3.63, 3.8) is 0 Å². The highest BCUT2D eigenvalue weighted by Crippen LogP contribution is 2.18. The van der Waals surface area contributed by atoms with Gasteiger partial charge >= 0.3 is 5.97 Å². The Labute approximate surface area is 109 Å². The Morgan fingerprint density at radius 1 is 1.44 bits per heavy atom. The number of piperidine rings is 1. The Bertz CT molecular complexity index is 375. The minimum Gasteiger partial charge on any atom is -0.480 e. The molecule has 0 radical (unpaired) electrons. The van der Waals surface area contributed by atoms with Gasteiger partial charge in [0.05, 0.1) is 0 Å². The zero-order valence-corrected chi connectivity index (χ0v) is 11.7. The molecule has 18 heavy (non-hydrogen) atoms. The number of carboxylic acids is 1. The molecule has 7 heteroatoms. The largest absolute Gasteiger partial charge is 0.480 e. The molecule has 1 aliphatic rings. The maximum absolute atomic E-state index is 12.0. The molecule has 1 aliphatic heterocycles.